The molecule has 0 aromatic heterocycles. The summed E-state index contributed by atoms with van der Waals surface area (Å²) in [5.74, 6) is -0.624. The molecule has 3 rings (SSSR count). The molecule has 0 saturated carbocycles. The molecule has 0 saturated heterocycles. The lowest BCUT2D eigenvalue weighted by Gasteiger charge is -2.11. The lowest BCUT2D eigenvalue weighted by molar-refractivity contribution is -0.384. The van der Waals surface area contributed by atoms with E-state index in [1.807, 2.05) is 0 Å². The van der Waals surface area contributed by atoms with Crippen LogP contribution >= 0.6 is 34.8 Å². The number of carbonyl (C=O) groups is 1. The second-order valence-electron chi connectivity index (χ2n) is 6.13. The number of halogens is 3. The maximum atomic E-state index is 12.6. The fourth-order valence-corrected chi connectivity index (χ4v) is 4.27. The van der Waals surface area contributed by atoms with Gasteiger partial charge in [0.1, 0.15) is 5.02 Å². The zero-order chi connectivity index (χ0) is 22.8. The highest BCUT2D eigenvalue weighted by molar-refractivity contribution is 7.92. The van der Waals surface area contributed by atoms with Crippen LogP contribution in [0.4, 0.5) is 17.1 Å². The van der Waals surface area contributed by atoms with E-state index in [-0.39, 0.29) is 31.9 Å². The van der Waals surface area contributed by atoms with E-state index < -0.39 is 26.5 Å². The Bertz CT molecular complexity index is 1280. The third-order valence-corrected chi connectivity index (χ3v) is 6.25. The quantitative estimate of drug-likeness (QED) is 0.337. The van der Waals surface area contributed by atoms with Crippen LogP contribution in [0.3, 0.4) is 0 Å². The summed E-state index contributed by atoms with van der Waals surface area (Å²) in [7, 11) is -3.95. The van der Waals surface area contributed by atoms with E-state index in [2.05, 4.69) is 10.0 Å². The number of hydrogen-bond acceptors (Lipinski definition) is 5. The van der Waals surface area contributed by atoms with Gasteiger partial charge in [0.2, 0.25) is 0 Å². The number of nitro groups is 1. The van der Waals surface area contributed by atoms with E-state index in [0.717, 1.165) is 6.07 Å². The van der Waals surface area contributed by atoms with Gasteiger partial charge in [-0.05, 0) is 54.6 Å². The van der Waals surface area contributed by atoms with Crippen LogP contribution in [0, 0.1) is 10.1 Å². The van der Waals surface area contributed by atoms with Gasteiger partial charge in [0.15, 0.2) is 0 Å². The molecule has 0 spiro atoms. The summed E-state index contributed by atoms with van der Waals surface area (Å²) >= 11 is 17.5. The largest absolute Gasteiger partial charge is 0.322 e. The van der Waals surface area contributed by atoms with Crippen LogP contribution in [0.2, 0.25) is 15.1 Å². The molecule has 12 heteroatoms. The molecule has 3 aromatic carbocycles. The van der Waals surface area contributed by atoms with Gasteiger partial charge in [-0.2, -0.15) is 0 Å². The molecule has 1 amide bonds. The number of amides is 1. The SMILES string of the molecule is O=C(Nc1ccc(S(=O)(=O)Nc2ccc(Cl)cc2Cl)cc1)c1ccc(Cl)c([N+](=O)[O-])c1. The summed E-state index contributed by atoms with van der Waals surface area (Å²) in [6.07, 6.45) is 0. The fraction of sp³-hybridized carbons (Fsp3) is 0. The van der Waals surface area contributed by atoms with Crippen molar-refractivity contribution in [3.63, 3.8) is 0 Å². The number of benzene rings is 3. The van der Waals surface area contributed by atoms with Crippen molar-refractivity contribution in [3.8, 4) is 0 Å². The number of nitrogens with zero attached hydrogens (tertiary/aromatic N) is 1. The average molecular weight is 501 g/mol. The topological polar surface area (TPSA) is 118 Å². The third-order valence-electron chi connectivity index (χ3n) is 4.00. The van der Waals surface area contributed by atoms with E-state index in [0.29, 0.717) is 5.02 Å². The molecule has 0 atom stereocenters. The van der Waals surface area contributed by atoms with Crippen molar-refractivity contribution in [2.45, 2.75) is 4.90 Å². The lowest BCUT2D eigenvalue weighted by atomic mass is 10.2. The lowest BCUT2D eigenvalue weighted by Crippen LogP contribution is -2.14. The number of nitrogens with one attached hydrogen (secondary N) is 2. The van der Waals surface area contributed by atoms with E-state index >= 15 is 0 Å². The summed E-state index contributed by atoms with van der Waals surface area (Å²) in [5, 5.41) is 13.9. The molecule has 2 N–H and O–H groups in total. The summed E-state index contributed by atoms with van der Waals surface area (Å²) in [5.41, 5.74) is 0.0633. The molecule has 0 heterocycles. The number of anilines is 2. The first-order valence-corrected chi connectivity index (χ1v) is 11.0. The first kappa shape index (κ1) is 22.8. The van der Waals surface area contributed by atoms with E-state index in [9.17, 15) is 23.3 Å². The molecular weight excluding hydrogens is 489 g/mol. The van der Waals surface area contributed by atoms with E-state index in [1.165, 1.54) is 54.6 Å². The zero-order valence-electron chi connectivity index (χ0n) is 15.3. The minimum absolute atomic E-state index is 0.0202. The van der Waals surface area contributed by atoms with Gasteiger partial charge in [-0.3, -0.25) is 19.6 Å². The number of nitro benzene ring substituents is 1. The van der Waals surface area contributed by atoms with E-state index in [4.69, 9.17) is 34.8 Å². The van der Waals surface area contributed by atoms with Crippen molar-refractivity contribution in [1.29, 1.82) is 0 Å². The molecule has 0 unspecified atom stereocenters. The van der Waals surface area contributed by atoms with Gasteiger partial charge in [-0.25, -0.2) is 8.42 Å². The Hall–Kier alpha value is -2.85. The van der Waals surface area contributed by atoms with Crippen LogP contribution < -0.4 is 10.0 Å². The van der Waals surface area contributed by atoms with Gasteiger partial charge in [0.25, 0.3) is 21.6 Å². The standard InChI is InChI=1S/C19H12Cl3N3O5S/c20-12-2-8-17(16(22)10-12)24-31(29,30)14-5-3-13(4-6-14)23-19(26)11-1-7-15(21)18(9-11)25(27)28/h1-10,24H,(H,23,26). The minimum atomic E-state index is -3.95. The predicted molar refractivity (Wildman–Crippen MR) is 120 cm³/mol. The molecule has 0 aliphatic heterocycles. The fourth-order valence-electron chi connectivity index (χ4n) is 2.49. The third kappa shape index (κ3) is 5.45. The Kier molecular flexibility index (Phi) is 6.71. The second-order valence-corrected chi connectivity index (χ2v) is 9.06. The minimum Gasteiger partial charge on any atom is -0.322 e. The highest BCUT2D eigenvalue weighted by Gasteiger charge is 2.18. The molecule has 0 aliphatic carbocycles. The monoisotopic (exact) mass is 499 g/mol. The number of rotatable bonds is 6. The predicted octanol–water partition coefficient (Wildman–Crippen LogP) is 5.61. The first-order valence-electron chi connectivity index (χ1n) is 8.40. The van der Waals surface area contributed by atoms with Gasteiger partial charge < -0.3 is 5.32 Å². The zero-order valence-corrected chi connectivity index (χ0v) is 18.4. The Morgan fingerprint density at radius 3 is 2.19 bits per heavy atom. The van der Waals surface area contributed by atoms with Crippen molar-refractivity contribution in [2.75, 3.05) is 10.0 Å². The van der Waals surface area contributed by atoms with Gasteiger partial charge in [-0.1, -0.05) is 34.8 Å². The summed E-state index contributed by atoms with van der Waals surface area (Å²) in [6.45, 7) is 0. The van der Waals surface area contributed by atoms with Crippen molar-refractivity contribution in [3.05, 3.63) is 91.4 Å². The number of hydrogen-bond donors (Lipinski definition) is 2. The van der Waals surface area contributed by atoms with E-state index in [1.54, 1.807) is 0 Å². The molecule has 3 aromatic rings. The maximum absolute atomic E-state index is 12.6. The first-order chi connectivity index (χ1) is 14.6. The Balaban J connectivity index is 1.76. The van der Waals surface area contributed by atoms with Crippen LogP contribution in [0.25, 0.3) is 0 Å². The van der Waals surface area contributed by atoms with Crippen molar-refractivity contribution >= 4 is 67.8 Å². The van der Waals surface area contributed by atoms with Crippen LogP contribution in [0.15, 0.2) is 65.6 Å². The average Bonchev–Trinajstić information content (AvgIpc) is 2.70. The maximum Gasteiger partial charge on any atom is 0.288 e. The van der Waals surface area contributed by atoms with Crippen LogP contribution in [-0.2, 0) is 10.0 Å². The smallest absolute Gasteiger partial charge is 0.288 e. The Labute approximate surface area is 191 Å². The molecule has 31 heavy (non-hydrogen) atoms. The highest BCUT2D eigenvalue weighted by Crippen LogP contribution is 2.28. The summed E-state index contributed by atoms with van der Waals surface area (Å²) in [4.78, 5) is 22.6. The molecule has 160 valence electrons. The van der Waals surface area contributed by atoms with Crippen molar-refractivity contribution < 1.29 is 18.1 Å². The van der Waals surface area contributed by atoms with Crippen molar-refractivity contribution in [2.24, 2.45) is 0 Å². The molecular formula is C19H12Cl3N3O5S. The van der Waals surface area contributed by atoms with Gasteiger partial charge in [0, 0.05) is 22.3 Å². The molecule has 0 bridgehead atoms. The highest BCUT2D eigenvalue weighted by atomic mass is 35.5. The number of sulfonamides is 1. The molecule has 0 aliphatic rings. The van der Waals surface area contributed by atoms with Crippen LogP contribution in [0.1, 0.15) is 10.4 Å². The Morgan fingerprint density at radius 2 is 1.58 bits per heavy atom. The number of carbonyl (C=O) groups excluding carboxylic acids is 1. The second kappa shape index (κ2) is 9.11. The van der Waals surface area contributed by atoms with Gasteiger partial charge in [-0.15, -0.1) is 0 Å². The molecule has 8 nitrogen and oxygen atoms in total. The summed E-state index contributed by atoms with van der Waals surface area (Å²) in [6, 6.07) is 13.3. The molecule has 0 fully saturated rings. The van der Waals surface area contributed by atoms with Gasteiger partial charge >= 0.3 is 0 Å². The Morgan fingerprint density at radius 1 is 0.903 bits per heavy atom. The van der Waals surface area contributed by atoms with Crippen LogP contribution in [-0.4, -0.2) is 19.2 Å². The van der Waals surface area contributed by atoms with Crippen molar-refractivity contribution in [1.82, 2.24) is 0 Å². The molecule has 0 radical (unpaired) electrons. The van der Waals surface area contributed by atoms with Gasteiger partial charge in [0.05, 0.1) is 20.5 Å². The normalized spacial score (nSPS) is 11.1. The summed E-state index contributed by atoms with van der Waals surface area (Å²) < 4.78 is 27.5. The van der Waals surface area contributed by atoms with Crippen LogP contribution in [0.5, 0.6) is 0 Å².